The number of hydrogen-bond acceptors (Lipinski definition) is 7. The molecule has 0 spiro atoms. The van der Waals surface area contributed by atoms with E-state index in [4.69, 9.17) is 4.74 Å². The van der Waals surface area contributed by atoms with Gasteiger partial charge in [0.2, 0.25) is 0 Å². The topological polar surface area (TPSA) is 96.1 Å². The number of aliphatic hydroxyl groups excluding tert-OH is 2. The van der Waals surface area contributed by atoms with Gasteiger partial charge in [-0.3, -0.25) is 10.1 Å². The van der Waals surface area contributed by atoms with Crippen molar-refractivity contribution in [1.29, 1.82) is 0 Å². The Balaban J connectivity index is 2.38. The number of rotatable bonds is 4. The zero-order valence-electron chi connectivity index (χ0n) is 10.5. The summed E-state index contributed by atoms with van der Waals surface area (Å²) in [6, 6.07) is 1.11. The van der Waals surface area contributed by atoms with E-state index in [9.17, 15) is 20.3 Å². The molecule has 19 heavy (non-hydrogen) atoms. The zero-order valence-corrected chi connectivity index (χ0v) is 11.3. The number of anilines is 1. The lowest BCUT2D eigenvalue weighted by atomic mass is 10.2. The molecule has 1 aromatic heterocycles. The molecule has 2 rings (SSSR count). The minimum Gasteiger partial charge on any atom is -0.394 e. The van der Waals surface area contributed by atoms with Gasteiger partial charge in [-0.25, -0.2) is 0 Å². The average molecular weight is 288 g/mol. The van der Waals surface area contributed by atoms with Crippen LogP contribution in [-0.4, -0.2) is 47.5 Å². The minimum absolute atomic E-state index is 0.0266. The van der Waals surface area contributed by atoms with Gasteiger partial charge in [0.05, 0.1) is 36.9 Å². The van der Waals surface area contributed by atoms with Crippen LogP contribution in [0.15, 0.2) is 6.07 Å². The quantitative estimate of drug-likeness (QED) is 0.631. The van der Waals surface area contributed by atoms with E-state index in [1.165, 1.54) is 17.4 Å². The van der Waals surface area contributed by atoms with Gasteiger partial charge in [0.15, 0.2) is 5.00 Å². The Morgan fingerprint density at radius 2 is 2.47 bits per heavy atom. The van der Waals surface area contributed by atoms with Crippen LogP contribution in [0.3, 0.4) is 0 Å². The zero-order chi connectivity index (χ0) is 14.0. The highest BCUT2D eigenvalue weighted by atomic mass is 32.1. The van der Waals surface area contributed by atoms with Crippen LogP contribution < -0.4 is 4.90 Å². The number of aliphatic hydroxyl groups is 2. The van der Waals surface area contributed by atoms with Crippen molar-refractivity contribution in [2.45, 2.75) is 19.1 Å². The third-order valence-electron chi connectivity index (χ3n) is 3.02. The monoisotopic (exact) mass is 288 g/mol. The van der Waals surface area contributed by atoms with Crippen LogP contribution in [0.1, 0.15) is 17.9 Å². The fourth-order valence-electron chi connectivity index (χ4n) is 2.01. The van der Waals surface area contributed by atoms with Crippen LogP contribution in [0.5, 0.6) is 0 Å². The van der Waals surface area contributed by atoms with Gasteiger partial charge in [-0.2, -0.15) is 0 Å². The van der Waals surface area contributed by atoms with Crippen LogP contribution in [0, 0.1) is 10.1 Å². The summed E-state index contributed by atoms with van der Waals surface area (Å²) in [5.74, 6) is 0. The summed E-state index contributed by atoms with van der Waals surface area (Å²) >= 11 is 1.19. The Bertz CT molecular complexity index is 462. The summed E-state index contributed by atoms with van der Waals surface area (Å²) in [5.41, 5.74) is -0.0266. The van der Waals surface area contributed by atoms with Crippen molar-refractivity contribution in [3.63, 3.8) is 0 Å². The normalized spacial score (nSPS) is 21.4. The average Bonchev–Trinajstić information content (AvgIpc) is 2.83. The Labute approximate surface area is 114 Å². The SMILES string of the molecule is C[C@H](O)c1cc([N+](=O)[O-])c(N2CCOCC2CO)s1. The molecule has 106 valence electrons. The molecular weight excluding hydrogens is 272 g/mol. The van der Waals surface area contributed by atoms with E-state index >= 15 is 0 Å². The lowest BCUT2D eigenvalue weighted by molar-refractivity contribution is -0.383. The fourth-order valence-corrected chi connectivity index (χ4v) is 3.17. The lowest BCUT2D eigenvalue weighted by Crippen LogP contribution is -2.47. The molecule has 2 N–H and O–H groups in total. The Hall–Kier alpha value is -1.22. The van der Waals surface area contributed by atoms with Gasteiger partial charge in [0, 0.05) is 17.5 Å². The lowest BCUT2D eigenvalue weighted by Gasteiger charge is -2.34. The third kappa shape index (κ3) is 2.86. The first-order chi connectivity index (χ1) is 9.04. The second-order valence-electron chi connectivity index (χ2n) is 4.38. The summed E-state index contributed by atoms with van der Waals surface area (Å²) < 4.78 is 5.26. The largest absolute Gasteiger partial charge is 0.394 e. The second kappa shape index (κ2) is 5.83. The van der Waals surface area contributed by atoms with E-state index in [1.807, 2.05) is 0 Å². The van der Waals surface area contributed by atoms with Crippen LogP contribution in [0.4, 0.5) is 10.7 Å². The number of nitro groups is 1. The first-order valence-corrected chi connectivity index (χ1v) is 6.77. The first kappa shape index (κ1) is 14.2. The predicted octanol–water partition coefficient (Wildman–Crippen LogP) is 0.907. The third-order valence-corrected chi connectivity index (χ3v) is 4.35. The molecule has 0 aliphatic carbocycles. The first-order valence-electron chi connectivity index (χ1n) is 5.96. The molecule has 2 heterocycles. The second-order valence-corrected chi connectivity index (χ2v) is 5.44. The summed E-state index contributed by atoms with van der Waals surface area (Å²) in [6.07, 6.45) is -0.744. The summed E-state index contributed by atoms with van der Waals surface area (Å²) in [6.45, 7) is 2.75. The fraction of sp³-hybridized carbons (Fsp3) is 0.636. The van der Waals surface area contributed by atoms with E-state index in [0.717, 1.165) is 0 Å². The van der Waals surface area contributed by atoms with Crippen molar-refractivity contribution >= 4 is 22.0 Å². The highest BCUT2D eigenvalue weighted by Gasteiger charge is 2.31. The van der Waals surface area contributed by atoms with Crippen LogP contribution in [-0.2, 0) is 4.74 Å². The number of ether oxygens (including phenoxy) is 1. The van der Waals surface area contributed by atoms with Crippen molar-refractivity contribution in [2.75, 3.05) is 31.3 Å². The molecule has 0 bridgehead atoms. The van der Waals surface area contributed by atoms with Crippen molar-refractivity contribution < 1.29 is 19.9 Å². The molecule has 1 aliphatic rings. The minimum atomic E-state index is -0.744. The molecular formula is C11H16N2O5S. The number of hydrogen-bond donors (Lipinski definition) is 2. The number of thiophene rings is 1. The van der Waals surface area contributed by atoms with E-state index in [-0.39, 0.29) is 18.3 Å². The van der Waals surface area contributed by atoms with E-state index in [0.29, 0.717) is 29.6 Å². The van der Waals surface area contributed by atoms with Gasteiger partial charge >= 0.3 is 5.69 Å². The van der Waals surface area contributed by atoms with Crippen molar-refractivity contribution in [2.24, 2.45) is 0 Å². The maximum absolute atomic E-state index is 11.1. The molecule has 1 aliphatic heterocycles. The molecule has 1 unspecified atom stereocenters. The van der Waals surface area contributed by atoms with Crippen molar-refractivity contribution in [3.8, 4) is 0 Å². The van der Waals surface area contributed by atoms with Crippen LogP contribution in [0.25, 0.3) is 0 Å². The smallest absolute Gasteiger partial charge is 0.304 e. The summed E-state index contributed by atoms with van der Waals surface area (Å²) in [5, 5.41) is 30.5. The molecule has 2 atom stereocenters. The van der Waals surface area contributed by atoms with Crippen LogP contribution in [0.2, 0.25) is 0 Å². The Morgan fingerprint density at radius 1 is 1.74 bits per heavy atom. The van der Waals surface area contributed by atoms with E-state index < -0.39 is 11.0 Å². The van der Waals surface area contributed by atoms with Crippen LogP contribution >= 0.6 is 11.3 Å². The standard InChI is InChI=1S/C11H16N2O5S/c1-7(15)10-4-9(13(16)17)11(19-10)12-2-3-18-6-8(12)5-14/h4,7-8,14-15H,2-3,5-6H2,1H3/t7-,8?/m0/s1. The molecule has 8 heteroatoms. The highest BCUT2D eigenvalue weighted by molar-refractivity contribution is 7.16. The maximum atomic E-state index is 11.1. The molecule has 1 saturated heterocycles. The number of nitrogens with zero attached hydrogens (tertiary/aromatic N) is 2. The molecule has 0 radical (unpaired) electrons. The van der Waals surface area contributed by atoms with Gasteiger partial charge in [-0.15, -0.1) is 11.3 Å². The van der Waals surface area contributed by atoms with Gasteiger partial charge < -0.3 is 19.8 Å². The van der Waals surface area contributed by atoms with Crippen molar-refractivity contribution in [1.82, 2.24) is 0 Å². The van der Waals surface area contributed by atoms with Gasteiger partial charge in [0.25, 0.3) is 0 Å². The van der Waals surface area contributed by atoms with Gasteiger partial charge in [-0.1, -0.05) is 0 Å². The maximum Gasteiger partial charge on any atom is 0.304 e. The van der Waals surface area contributed by atoms with Crippen molar-refractivity contribution in [3.05, 3.63) is 21.1 Å². The summed E-state index contributed by atoms with van der Waals surface area (Å²) in [4.78, 5) is 13.0. The number of morpholine rings is 1. The molecule has 1 fully saturated rings. The summed E-state index contributed by atoms with van der Waals surface area (Å²) in [7, 11) is 0. The van der Waals surface area contributed by atoms with E-state index in [2.05, 4.69) is 0 Å². The van der Waals surface area contributed by atoms with Gasteiger partial charge in [-0.05, 0) is 6.92 Å². The molecule has 7 nitrogen and oxygen atoms in total. The molecule has 0 aromatic carbocycles. The predicted molar refractivity (Wildman–Crippen MR) is 70.6 cm³/mol. The molecule has 1 aromatic rings. The molecule has 0 amide bonds. The van der Waals surface area contributed by atoms with Gasteiger partial charge in [0.1, 0.15) is 0 Å². The highest BCUT2D eigenvalue weighted by Crippen LogP contribution is 2.41. The Morgan fingerprint density at radius 3 is 3.05 bits per heavy atom. The van der Waals surface area contributed by atoms with E-state index in [1.54, 1.807) is 11.8 Å². The molecule has 0 saturated carbocycles. The Kier molecular flexibility index (Phi) is 4.35.